The van der Waals surface area contributed by atoms with Crippen molar-refractivity contribution in [2.75, 3.05) is 26.3 Å². The Morgan fingerprint density at radius 1 is 1.31 bits per heavy atom. The summed E-state index contributed by atoms with van der Waals surface area (Å²) in [7, 11) is 0. The first-order chi connectivity index (χ1) is 5.99. The van der Waals surface area contributed by atoms with Crippen LogP contribution in [0.1, 0.15) is 20.8 Å². The number of rotatable bonds is 2. The Balaban J connectivity index is 2.33. The van der Waals surface area contributed by atoms with E-state index >= 15 is 0 Å². The molecule has 1 atom stereocenters. The third-order valence-corrected chi connectivity index (χ3v) is 1.82. The lowest BCUT2D eigenvalue weighted by Crippen LogP contribution is -2.47. The molecule has 4 nitrogen and oxygen atoms in total. The number of aliphatic hydroxyl groups is 1. The molecule has 0 radical (unpaired) electrons. The van der Waals surface area contributed by atoms with Gasteiger partial charge >= 0.3 is 0 Å². The van der Waals surface area contributed by atoms with Gasteiger partial charge in [-0.3, -0.25) is 4.90 Å². The zero-order chi connectivity index (χ0) is 9.90. The zero-order valence-corrected chi connectivity index (χ0v) is 8.62. The average Bonchev–Trinajstić information content (AvgIpc) is 2.03. The second kappa shape index (κ2) is 4.37. The lowest BCUT2D eigenvalue weighted by atomic mass is 10.2. The highest BCUT2D eigenvalue weighted by Crippen LogP contribution is 2.12. The summed E-state index contributed by atoms with van der Waals surface area (Å²) < 4.78 is 10.6. The minimum atomic E-state index is -0.802. The molecule has 0 aromatic carbocycles. The van der Waals surface area contributed by atoms with Gasteiger partial charge in [-0.25, -0.2) is 0 Å². The van der Waals surface area contributed by atoms with Gasteiger partial charge in [-0.15, -0.1) is 0 Å². The van der Waals surface area contributed by atoms with E-state index in [1.807, 2.05) is 25.7 Å². The smallest absolute Gasteiger partial charge is 0.216 e. The monoisotopic (exact) mass is 189 g/mol. The molecule has 0 bridgehead atoms. The van der Waals surface area contributed by atoms with E-state index in [-0.39, 0.29) is 5.60 Å². The third-order valence-electron chi connectivity index (χ3n) is 1.82. The second-order valence-electron chi connectivity index (χ2n) is 4.20. The molecule has 0 saturated carbocycles. The summed E-state index contributed by atoms with van der Waals surface area (Å²) in [5.74, 6) is 0. The van der Waals surface area contributed by atoms with Crippen LogP contribution in [-0.4, -0.2) is 48.3 Å². The number of hydrogen-bond acceptors (Lipinski definition) is 4. The molecule has 0 spiro atoms. The summed E-state index contributed by atoms with van der Waals surface area (Å²) in [4.78, 5) is 1.87. The van der Waals surface area contributed by atoms with Crippen molar-refractivity contribution in [3.63, 3.8) is 0 Å². The van der Waals surface area contributed by atoms with Gasteiger partial charge in [0.05, 0.1) is 18.8 Å². The van der Waals surface area contributed by atoms with Crippen molar-refractivity contribution in [3.8, 4) is 0 Å². The fourth-order valence-corrected chi connectivity index (χ4v) is 1.19. The molecule has 0 aromatic heterocycles. The Morgan fingerprint density at radius 2 is 1.85 bits per heavy atom. The highest BCUT2D eigenvalue weighted by atomic mass is 16.6. The first-order valence-electron chi connectivity index (χ1n) is 4.67. The second-order valence-corrected chi connectivity index (χ2v) is 4.20. The molecule has 4 heteroatoms. The normalized spacial score (nSPS) is 23.1. The van der Waals surface area contributed by atoms with Gasteiger partial charge in [0.1, 0.15) is 0 Å². The predicted octanol–water partition coefficient (Wildman–Crippen LogP) is 0.410. The largest absolute Gasteiger partial charge is 0.379 e. The summed E-state index contributed by atoms with van der Waals surface area (Å²) in [6.45, 7) is 8.59. The molecule has 0 aromatic rings. The van der Waals surface area contributed by atoms with E-state index in [1.54, 1.807) is 0 Å². The van der Waals surface area contributed by atoms with E-state index in [1.165, 1.54) is 0 Å². The molecule has 1 fully saturated rings. The van der Waals surface area contributed by atoms with Crippen LogP contribution >= 0.6 is 0 Å². The van der Waals surface area contributed by atoms with Crippen LogP contribution in [0.3, 0.4) is 0 Å². The van der Waals surface area contributed by atoms with Gasteiger partial charge in [0.15, 0.2) is 0 Å². The molecular formula is C9H19NO3. The number of aliphatic hydroxyl groups excluding tert-OH is 1. The van der Waals surface area contributed by atoms with Crippen molar-refractivity contribution in [1.82, 2.24) is 4.90 Å². The Kier molecular flexibility index (Phi) is 3.67. The maximum Gasteiger partial charge on any atom is 0.216 e. The van der Waals surface area contributed by atoms with Crippen LogP contribution in [0.5, 0.6) is 0 Å². The Labute approximate surface area is 79.4 Å². The molecule has 1 saturated heterocycles. The van der Waals surface area contributed by atoms with Crippen molar-refractivity contribution in [3.05, 3.63) is 0 Å². The fraction of sp³-hybridized carbons (Fsp3) is 1.00. The van der Waals surface area contributed by atoms with Crippen molar-refractivity contribution < 1.29 is 14.6 Å². The fourth-order valence-electron chi connectivity index (χ4n) is 1.19. The minimum Gasteiger partial charge on any atom is -0.379 e. The molecule has 1 N–H and O–H groups in total. The van der Waals surface area contributed by atoms with E-state index < -0.39 is 6.41 Å². The van der Waals surface area contributed by atoms with Crippen LogP contribution in [0, 0.1) is 0 Å². The molecule has 0 amide bonds. The van der Waals surface area contributed by atoms with Gasteiger partial charge in [-0.2, -0.15) is 0 Å². The molecule has 0 aliphatic carbocycles. The highest BCUT2D eigenvalue weighted by Gasteiger charge is 2.23. The lowest BCUT2D eigenvalue weighted by Gasteiger charge is -2.34. The first kappa shape index (κ1) is 10.9. The number of hydrogen-bond donors (Lipinski definition) is 1. The maximum atomic E-state index is 9.66. The first-order valence-corrected chi connectivity index (χ1v) is 4.67. The standard InChI is InChI=1S/C9H19NO3/c1-9(2,3)13-8(11)10-4-6-12-7-5-10/h8,11H,4-7H2,1-3H3. The summed E-state index contributed by atoms with van der Waals surface area (Å²) in [6, 6.07) is 0. The summed E-state index contributed by atoms with van der Waals surface area (Å²) >= 11 is 0. The maximum absolute atomic E-state index is 9.66. The predicted molar refractivity (Wildman–Crippen MR) is 49.2 cm³/mol. The summed E-state index contributed by atoms with van der Waals surface area (Å²) in [6.07, 6.45) is -0.802. The van der Waals surface area contributed by atoms with Crippen molar-refractivity contribution in [1.29, 1.82) is 0 Å². The van der Waals surface area contributed by atoms with E-state index in [4.69, 9.17) is 9.47 Å². The van der Waals surface area contributed by atoms with Gasteiger partial charge in [-0.1, -0.05) is 0 Å². The molecule has 1 rings (SSSR count). The zero-order valence-electron chi connectivity index (χ0n) is 8.62. The summed E-state index contributed by atoms with van der Waals surface area (Å²) in [5, 5.41) is 9.66. The van der Waals surface area contributed by atoms with Crippen molar-refractivity contribution >= 4 is 0 Å². The average molecular weight is 189 g/mol. The van der Waals surface area contributed by atoms with E-state index in [2.05, 4.69) is 0 Å². The summed E-state index contributed by atoms with van der Waals surface area (Å²) in [5.41, 5.74) is -0.308. The molecular weight excluding hydrogens is 170 g/mol. The van der Waals surface area contributed by atoms with Crippen molar-refractivity contribution in [2.45, 2.75) is 32.8 Å². The third kappa shape index (κ3) is 4.04. The Bertz CT molecular complexity index is 149. The van der Waals surface area contributed by atoms with Crippen molar-refractivity contribution in [2.24, 2.45) is 0 Å². The van der Waals surface area contributed by atoms with Gasteiger partial charge < -0.3 is 14.6 Å². The molecule has 1 unspecified atom stereocenters. The number of morpholine rings is 1. The quantitative estimate of drug-likeness (QED) is 0.639. The Hall–Kier alpha value is -0.160. The van der Waals surface area contributed by atoms with E-state index in [9.17, 15) is 5.11 Å². The molecule has 1 aliphatic rings. The molecule has 1 heterocycles. The molecule has 13 heavy (non-hydrogen) atoms. The number of nitrogens with zero attached hydrogens (tertiary/aromatic N) is 1. The van der Waals surface area contributed by atoms with E-state index in [0.717, 1.165) is 13.1 Å². The Morgan fingerprint density at radius 3 is 2.31 bits per heavy atom. The van der Waals surface area contributed by atoms with Crippen LogP contribution in [0.2, 0.25) is 0 Å². The van der Waals surface area contributed by atoms with E-state index in [0.29, 0.717) is 13.2 Å². The molecule has 78 valence electrons. The van der Waals surface area contributed by atoms with Crippen LogP contribution in [0.4, 0.5) is 0 Å². The van der Waals surface area contributed by atoms with Gasteiger partial charge in [0.2, 0.25) is 6.41 Å². The van der Waals surface area contributed by atoms with Gasteiger partial charge in [0, 0.05) is 13.1 Å². The molecule has 1 aliphatic heterocycles. The number of ether oxygens (including phenoxy) is 2. The minimum absolute atomic E-state index is 0.308. The van der Waals surface area contributed by atoms with Crippen LogP contribution < -0.4 is 0 Å². The van der Waals surface area contributed by atoms with Crippen LogP contribution in [0.25, 0.3) is 0 Å². The van der Waals surface area contributed by atoms with Gasteiger partial charge in [-0.05, 0) is 20.8 Å². The van der Waals surface area contributed by atoms with Gasteiger partial charge in [0.25, 0.3) is 0 Å². The SMILES string of the molecule is CC(C)(C)OC(O)N1CCOCC1. The topological polar surface area (TPSA) is 41.9 Å². The van der Waals surface area contributed by atoms with Crippen LogP contribution in [0.15, 0.2) is 0 Å². The van der Waals surface area contributed by atoms with Crippen LogP contribution in [-0.2, 0) is 9.47 Å². The lowest BCUT2D eigenvalue weighted by molar-refractivity contribution is -0.249. The highest BCUT2D eigenvalue weighted by molar-refractivity contribution is 4.64.